The van der Waals surface area contributed by atoms with Gasteiger partial charge in [0.05, 0.1) is 10.7 Å². The minimum Gasteiger partial charge on any atom is -0.312 e. The van der Waals surface area contributed by atoms with E-state index in [4.69, 9.17) is 28.2 Å². The summed E-state index contributed by atoms with van der Waals surface area (Å²) in [5.74, 6) is 0. The Morgan fingerprint density at radius 2 is 1.90 bits per heavy atom. The number of nitrogens with one attached hydrogen (secondary N) is 1. The quantitative estimate of drug-likeness (QED) is 0.756. The second-order valence-corrected chi connectivity index (χ2v) is 6.87. The molecule has 1 N–H and O–H groups in total. The molecule has 0 radical (unpaired) electrons. The van der Waals surface area contributed by atoms with E-state index in [-0.39, 0.29) is 0 Å². The van der Waals surface area contributed by atoms with E-state index in [1.54, 1.807) is 11.3 Å². The molecule has 1 aromatic heterocycles. The van der Waals surface area contributed by atoms with Gasteiger partial charge in [0, 0.05) is 27.9 Å². The SMILES string of the molecule is CCCc1nc(Cc2c(Cl)cccc2Cl)sc1CNCC. The topological polar surface area (TPSA) is 24.9 Å². The number of hydrogen-bond acceptors (Lipinski definition) is 3. The van der Waals surface area contributed by atoms with Gasteiger partial charge >= 0.3 is 0 Å². The van der Waals surface area contributed by atoms with E-state index < -0.39 is 0 Å². The van der Waals surface area contributed by atoms with E-state index in [2.05, 4.69) is 19.2 Å². The van der Waals surface area contributed by atoms with Gasteiger partial charge in [-0.05, 0) is 30.7 Å². The molecule has 0 aliphatic rings. The Balaban J connectivity index is 2.23. The molecule has 21 heavy (non-hydrogen) atoms. The Bertz CT molecular complexity index is 576. The molecule has 1 aromatic carbocycles. The Morgan fingerprint density at radius 3 is 2.52 bits per heavy atom. The number of halogens is 2. The Hall–Kier alpha value is -0.610. The molecule has 0 aliphatic carbocycles. The Morgan fingerprint density at radius 1 is 1.19 bits per heavy atom. The molecule has 0 bridgehead atoms. The van der Waals surface area contributed by atoms with Crippen LogP contribution in [0.15, 0.2) is 18.2 Å². The zero-order chi connectivity index (χ0) is 15.2. The van der Waals surface area contributed by atoms with Crippen LogP contribution in [0.2, 0.25) is 10.0 Å². The van der Waals surface area contributed by atoms with Crippen LogP contribution in [0.25, 0.3) is 0 Å². The zero-order valence-electron chi connectivity index (χ0n) is 12.4. The molecule has 0 fully saturated rings. The van der Waals surface area contributed by atoms with E-state index >= 15 is 0 Å². The first kappa shape index (κ1) is 16.8. The zero-order valence-corrected chi connectivity index (χ0v) is 14.7. The molecular formula is C16H20Cl2N2S. The van der Waals surface area contributed by atoms with Gasteiger partial charge in [0.25, 0.3) is 0 Å². The third-order valence-electron chi connectivity index (χ3n) is 3.23. The fourth-order valence-electron chi connectivity index (χ4n) is 2.17. The molecule has 2 nitrogen and oxygen atoms in total. The largest absolute Gasteiger partial charge is 0.312 e. The monoisotopic (exact) mass is 342 g/mol. The lowest BCUT2D eigenvalue weighted by atomic mass is 10.1. The number of benzene rings is 1. The predicted octanol–water partition coefficient (Wildman–Crippen LogP) is 5.10. The molecular weight excluding hydrogens is 323 g/mol. The molecule has 0 amide bonds. The number of rotatable bonds is 7. The molecule has 114 valence electrons. The van der Waals surface area contributed by atoms with Crippen LogP contribution in [0.4, 0.5) is 0 Å². The summed E-state index contributed by atoms with van der Waals surface area (Å²) in [4.78, 5) is 6.12. The van der Waals surface area contributed by atoms with E-state index in [9.17, 15) is 0 Å². The molecule has 0 saturated heterocycles. The lowest BCUT2D eigenvalue weighted by Gasteiger charge is -2.04. The van der Waals surface area contributed by atoms with Crippen LogP contribution in [-0.4, -0.2) is 11.5 Å². The maximum absolute atomic E-state index is 6.25. The summed E-state index contributed by atoms with van der Waals surface area (Å²) in [5, 5.41) is 5.89. The van der Waals surface area contributed by atoms with Gasteiger partial charge in [0.2, 0.25) is 0 Å². The van der Waals surface area contributed by atoms with Crippen molar-refractivity contribution in [2.24, 2.45) is 0 Å². The highest BCUT2D eigenvalue weighted by molar-refractivity contribution is 7.11. The van der Waals surface area contributed by atoms with Crippen molar-refractivity contribution in [3.8, 4) is 0 Å². The van der Waals surface area contributed by atoms with Crippen LogP contribution in [0.5, 0.6) is 0 Å². The predicted molar refractivity (Wildman–Crippen MR) is 92.8 cm³/mol. The van der Waals surface area contributed by atoms with E-state index in [1.807, 2.05) is 18.2 Å². The van der Waals surface area contributed by atoms with Crippen molar-refractivity contribution < 1.29 is 0 Å². The number of aromatic nitrogens is 1. The van der Waals surface area contributed by atoms with Crippen molar-refractivity contribution in [3.63, 3.8) is 0 Å². The summed E-state index contributed by atoms with van der Waals surface area (Å²) in [6.07, 6.45) is 2.83. The van der Waals surface area contributed by atoms with Crippen LogP contribution < -0.4 is 5.32 Å². The van der Waals surface area contributed by atoms with Gasteiger partial charge in [-0.3, -0.25) is 0 Å². The fourth-order valence-corrected chi connectivity index (χ4v) is 3.80. The van der Waals surface area contributed by atoms with Crippen LogP contribution in [-0.2, 0) is 19.4 Å². The van der Waals surface area contributed by atoms with E-state index in [0.717, 1.165) is 36.5 Å². The van der Waals surface area contributed by atoms with Gasteiger partial charge in [-0.2, -0.15) is 0 Å². The Labute approximate surface area is 140 Å². The van der Waals surface area contributed by atoms with Gasteiger partial charge in [0.1, 0.15) is 0 Å². The van der Waals surface area contributed by atoms with Gasteiger partial charge < -0.3 is 5.32 Å². The average molecular weight is 343 g/mol. The third kappa shape index (κ3) is 4.43. The molecule has 0 aliphatic heterocycles. The Kier molecular flexibility index (Phi) is 6.49. The highest BCUT2D eigenvalue weighted by Crippen LogP contribution is 2.29. The van der Waals surface area contributed by atoms with Crippen molar-refractivity contribution >= 4 is 34.5 Å². The minimum atomic E-state index is 0.700. The first-order valence-corrected chi connectivity index (χ1v) is 8.84. The van der Waals surface area contributed by atoms with Crippen molar-refractivity contribution in [1.82, 2.24) is 10.3 Å². The first-order chi connectivity index (χ1) is 10.2. The summed E-state index contributed by atoms with van der Waals surface area (Å²) >= 11 is 14.3. The smallest absolute Gasteiger partial charge is 0.0976 e. The highest BCUT2D eigenvalue weighted by atomic mass is 35.5. The second kappa shape index (κ2) is 8.14. The summed E-state index contributed by atoms with van der Waals surface area (Å²) < 4.78 is 0. The van der Waals surface area contributed by atoms with E-state index in [1.165, 1.54) is 10.6 Å². The molecule has 1 heterocycles. The van der Waals surface area contributed by atoms with Gasteiger partial charge in [-0.25, -0.2) is 4.98 Å². The van der Waals surface area contributed by atoms with Crippen LogP contribution >= 0.6 is 34.5 Å². The van der Waals surface area contributed by atoms with Crippen molar-refractivity contribution in [3.05, 3.63) is 49.4 Å². The first-order valence-electron chi connectivity index (χ1n) is 7.26. The van der Waals surface area contributed by atoms with Gasteiger partial charge in [0.15, 0.2) is 0 Å². The number of hydrogen-bond donors (Lipinski definition) is 1. The summed E-state index contributed by atoms with van der Waals surface area (Å²) in [6.45, 7) is 6.15. The standard InChI is InChI=1S/C16H20Cl2N2S/c1-3-6-14-15(10-19-4-2)21-16(20-14)9-11-12(17)7-5-8-13(11)18/h5,7-8,19H,3-4,6,9-10H2,1-2H3. The van der Waals surface area contributed by atoms with Crippen molar-refractivity contribution in [2.75, 3.05) is 6.54 Å². The third-order valence-corrected chi connectivity index (χ3v) is 5.04. The summed E-state index contributed by atoms with van der Waals surface area (Å²) in [7, 11) is 0. The lowest BCUT2D eigenvalue weighted by molar-refractivity contribution is 0.723. The average Bonchev–Trinajstić information content (AvgIpc) is 2.83. The van der Waals surface area contributed by atoms with Crippen LogP contribution in [0, 0.1) is 0 Å². The molecule has 0 atom stereocenters. The van der Waals surface area contributed by atoms with E-state index in [0.29, 0.717) is 16.5 Å². The molecule has 2 aromatic rings. The molecule has 0 spiro atoms. The maximum Gasteiger partial charge on any atom is 0.0976 e. The molecule has 2 rings (SSSR count). The van der Waals surface area contributed by atoms with Crippen LogP contribution in [0.1, 0.15) is 41.4 Å². The number of thiazole rings is 1. The lowest BCUT2D eigenvalue weighted by Crippen LogP contribution is -2.11. The number of aryl methyl sites for hydroxylation is 1. The van der Waals surface area contributed by atoms with Crippen molar-refractivity contribution in [2.45, 2.75) is 39.7 Å². The fraction of sp³-hybridized carbons (Fsp3) is 0.438. The van der Waals surface area contributed by atoms with Gasteiger partial charge in [-0.15, -0.1) is 11.3 Å². The normalized spacial score (nSPS) is 11.0. The summed E-state index contributed by atoms with van der Waals surface area (Å²) in [5.41, 5.74) is 2.18. The maximum atomic E-state index is 6.25. The molecule has 0 unspecified atom stereocenters. The van der Waals surface area contributed by atoms with Crippen LogP contribution in [0.3, 0.4) is 0 Å². The second-order valence-electron chi connectivity index (χ2n) is 4.88. The van der Waals surface area contributed by atoms with Crippen molar-refractivity contribution in [1.29, 1.82) is 0 Å². The minimum absolute atomic E-state index is 0.700. The summed E-state index contributed by atoms with van der Waals surface area (Å²) in [6, 6.07) is 5.63. The highest BCUT2D eigenvalue weighted by Gasteiger charge is 2.13. The molecule has 0 saturated carbocycles. The molecule has 5 heteroatoms. The number of nitrogens with zero attached hydrogens (tertiary/aromatic N) is 1. The van der Waals surface area contributed by atoms with Gasteiger partial charge in [-0.1, -0.05) is 49.5 Å².